The summed E-state index contributed by atoms with van der Waals surface area (Å²) in [6.07, 6.45) is 6.80. The van der Waals surface area contributed by atoms with E-state index in [0.717, 1.165) is 60.3 Å². The number of likely N-dealkylation sites (N-methyl/N-ethyl adjacent to an activating group) is 1. The standard InChI is InChI=1S/C26H43N7O2S.C7H6O2/c1-8-9-14-33(19(2)3)36(34,35)30-21-10-11-26-25(16-21)24(20(4)28-26)12-13-27-17-22-15-23(31(5)6)18-32(7)29-22;8-7(9)6-4-2-1-3-5-6/h10-11,15-16,18-19,27-30H,8-9,12-14,17H2,1-7H3;1-5H,(H,8,9). The van der Waals surface area contributed by atoms with E-state index in [4.69, 9.17) is 5.11 Å². The van der Waals surface area contributed by atoms with Gasteiger partial charge < -0.3 is 25.7 Å². The van der Waals surface area contributed by atoms with E-state index in [-0.39, 0.29) is 6.04 Å². The van der Waals surface area contributed by atoms with E-state index in [2.05, 4.69) is 51.5 Å². The lowest BCUT2D eigenvalue weighted by atomic mass is 10.1. The number of anilines is 1. The quantitative estimate of drug-likeness (QED) is 0.158. The van der Waals surface area contributed by atoms with Crippen molar-refractivity contribution in [3.8, 4) is 0 Å². The number of hydrogen-bond acceptors (Lipinski definition) is 7. The number of nitrogens with one attached hydrogen (secondary N) is 4. The summed E-state index contributed by atoms with van der Waals surface area (Å²) in [7, 11) is 2.42. The number of carboxylic acids is 1. The highest BCUT2D eigenvalue weighted by Crippen LogP contribution is 2.27. The fourth-order valence-electron chi connectivity index (χ4n) is 5.00. The number of carbonyl (C=O) groups is 1. The molecule has 3 aromatic rings. The van der Waals surface area contributed by atoms with Gasteiger partial charge in [-0.3, -0.25) is 9.73 Å². The Morgan fingerprint density at radius 1 is 1.11 bits per heavy atom. The highest BCUT2D eigenvalue weighted by molar-refractivity contribution is 7.90. The van der Waals surface area contributed by atoms with Crippen molar-refractivity contribution in [2.45, 2.75) is 53.0 Å². The first-order valence-corrected chi connectivity index (χ1v) is 16.8. The maximum atomic E-state index is 13.1. The minimum Gasteiger partial charge on any atom is -0.478 e. The van der Waals surface area contributed by atoms with Gasteiger partial charge in [-0.25, -0.2) is 4.79 Å². The number of aryl methyl sites for hydroxylation is 1. The minimum atomic E-state index is -3.63. The molecule has 0 aliphatic carbocycles. The molecule has 0 amide bonds. The first kappa shape index (κ1) is 35.5. The summed E-state index contributed by atoms with van der Waals surface area (Å²) in [5.41, 5.74) is 9.82. The Balaban J connectivity index is 0.000000525. The molecule has 11 nitrogen and oxygen atoms in total. The summed E-state index contributed by atoms with van der Waals surface area (Å²) in [5.74, 6) is -0.879. The van der Waals surface area contributed by atoms with Crippen LogP contribution < -0.4 is 15.5 Å². The number of nitrogens with zero attached hydrogens (tertiary/aromatic N) is 3. The molecule has 1 aromatic heterocycles. The Morgan fingerprint density at radius 3 is 2.42 bits per heavy atom. The van der Waals surface area contributed by atoms with Crippen LogP contribution in [-0.2, 0) is 16.6 Å². The van der Waals surface area contributed by atoms with E-state index in [1.165, 1.54) is 9.87 Å². The molecular weight excluding hydrogens is 590 g/mol. The zero-order valence-corrected chi connectivity index (χ0v) is 28.3. The fourth-order valence-corrected chi connectivity index (χ4v) is 6.47. The predicted octanol–water partition coefficient (Wildman–Crippen LogP) is 4.90. The number of fused-ring (bicyclic) bond motifs is 1. The number of allylic oxidation sites excluding steroid dienone is 1. The van der Waals surface area contributed by atoms with Crippen molar-refractivity contribution in [1.82, 2.24) is 29.9 Å². The van der Waals surface area contributed by atoms with Gasteiger partial charge in [0, 0.05) is 68.8 Å². The van der Waals surface area contributed by atoms with Crippen LogP contribution in [0.1, 0.15) is 55.2 Å². The molecule has 1 aliphatic rings. The Hall–Kier alpha value is -4.00. The topological polar surface area (TPSA) is 133 Å². The van der Waals surface area contributed by atoms with Crippen molar-refractivity contribution in [3.63, 3.8) is 0 Å². The number of benzene rings is 2. The van der Waals surface area contributed by atoms with Gasteiger partial charge in [-0.15, -0.1) is 0 Å². The van der Waals surface area contributed by atoms with Crippen molar-refractivity contribution < 1.29 is 18.3 Å². The molecule has 0 saturated heterocycles. The second kappa shape index (κ2) is 16.4. The fraction of sp³-hybridized carbons (Fsp3) is 0.424. The third-order valence-electron chi connectivity index (χ3n) is 7.36. The minimum absolute atomic E-state index is 0.105. The summed E-state index contributed by atoms with van der Waals surface area (Å²) < 4.78 is 30.5. The van der Waals surface area contributed by atoms with Crippen LogP contribution >= 0.6 is 0 Å². The van der Waals surface area contributed by atoms with Crippen LogP contribution in [0.15, 0.2) is 72.2 Å². The van der Waals surface area contributed by atoms with Crippen molar-refractivity contribution in [3.05, 3.63) is 89.0 Å². The highest BCUT2D eigenvalue weighted by Gasteiger charge is 2.24. The van der Waals surface area contributed by atoms with E-state index < -0.39 is 16.2 Å². The number of unbranched alkanes of at least 4 members (excludes halogenated alkanes) is 1. The normalized spacial score (nSPS) is 13.2. The second-order valence-electron chi connectivity index (χ2n) is 11.6. The van der Waals surface area contributed by atoms with Crippen LogP contribution in [0.3, 0.4) is 0 Å². The van der Waals surface area contributed by atoms with Crippen LogP contribution in [0, 0.1) is 6.92 Å². The van der Waals surface area contributed by atoms with E-state index in [1.807, 2.05) is 58.2 Å². The number of H-pyrrole nitrogens is 1. The van der Waals surface area contributed by atoms with Crippen molar-refractivity contribution in [1.29, 1.82) is 0 Å². The van der Waals surface area contributed by atoms with Gasteiger partial charge in [0.1, 0.15) is 0 Å². The predicted molar refractivity (Wildman–Crippen MR) is 183 cm³/mol. The molecule has 5 N–H and O–H groups in total. The summed E-state index contributed by atoms with van der Waals surface area (Å²) in [6, 6.07) is 13.9. The van der Waals surface area contributed by atoms with E-state index in [9.17, 15) is 13.2 Å². The summed E-state index contributed by atoms with van der Waals surface area (Å²) in [4.78, 5) is 15.7. The van der Waals surface area contributed by atoms with E-state index >= 15 is 0 Å². The number of aromatic carboxylic acids is 1. The van der Waals surface area contributed by atoms with Crippen LogP contribution in [0.25, 0.3) is 10.9 Å². The molecule has 2 heterocycles. The Bertz CT molecular complexity index is 1580. The van der Waals surface area contributed by atoms with Crippen molar-refractivity contribution >= 4 is 32.8 Å². The molecule has 0 atom stereocenters. The molecule has 2 aromatic carbocycles. The number of aromatic nitrogens is 1. The largest absolute Gasteiger partial charge is 0.478 e. The first-order chi connectivity index (χ1) is 21.3. The summed E-state index contributed by atoms with van der Waals surface area (Å²) in [6.45, 7) is 9.99. The molecule has 12 heteroatoms. The van der Waals surface area contributed by atoms with Gasteiger partial charge in [-0.2, -0.15) is 12.7 Å². The number of hydrazine groups is 1. The monoisotopic (exact) mass is 639 g/mol. The third-order valence-corrected chi connectivity index (χ3v) is 9.07. The maximum absolute atomic E-state index is 13.1. The lowest BCUT2D eigenvalue weighted by Gasteiger charge is -2.28. The van der Waals surface area contributed by atoms with E-state index in [0.29, 0.717) is 17.8 Å². The third kappa shape index (κ3) is 10.3. The number of carboxylic acid groups (broad SMARTS) is 1. The van der Waals surface area contributed by atoms with Gasteiger partial charge in [0.15, 0.2) is 0 Å². The molecule has 0 bridgehead atoms. The zero-order valence-electron chi connectivity index (χ0n) is 27.5. The van der Waals surface area contributed by atoms with Gasteiger partial charge in [-0.1, -0.05) is 31.5 Å². The molecule has 1 aliphatic heterocycles. The van der Waals surface area contributed by atoms with Crippen molar-refractivity contribution in [2.75, 3.05) is 45.5 Å². The van der Waals surface area contributed by atoms with Crippen LogP contribution in [0.5, 0.6) is 0 Å². The van der Waals surface area contributed by atoms with Crippen LogP contribution in [0.4, 0.5) is 5.69 Å². The highest BCUT2D eigenvalue weighted by atomic mass is 32.2. The van der Waals surface area contributed by atoms with Gasteiger partial charge in [0.25, 0.3) is 0 Å². The van der Waals surface area contributed by atoms with Crippen LogP contribution in [-0.4, -0.2) is 85.5 Å². The number of aromatic amines is 1. The molecule has 0 saturated carbocycles. The van der Waals surface area contributed by atoms with Crippen LogP contribution in [0.2, 0.25) is 0 Å². The Morgan fingerprint density at radius 2 is 1.82 bits per heavy atom. The SMILES string of the molecule is CCCCN(C(C)C)S(=O)(=O)Nc1ccc2[nH]c(C)c(CCNCC3=CC(N(C)C)=CN(C)N3)c2c1.O=C(O)c1ccccc1. The van der Waals surface area contributed by atoms with Gasteiger partial charge in [0.2, 0.25) is 0 Å². The molecule has 0 fully saturated rings. The number of rotatable bonds is 14. The lowest BCUT2D eigenvalue weighted by molar-refractivity contribution is 0.0697. The second-order valence-corrected chi connectivity index (χ2v) is 13.2. The average Bonchev–Trinajstić information content (AvgIpc) is 3.29. The average molecular weight is 640 g/mol. The Kier molecular flexibility index (Phi) is 12.9. The molecule has 0 radical (unpaired) electrons. The molecular formula is C33H49N7O4S. The molecule has 0 unspecified atom stereocenters. The Labute approximate surface area is 268 Å². The maximum Gasteiger partial charge on any atom is 0.335 e. The molecule has 246 valence electrons. The smallest absolute Gasteiger partial charge is 0.335 e. The first-order valence-electron chi connectivity index (χ1n) is 15.3. The van der Waals surface area contributed by atoms with Gasteiger partial charge in [-0.05, 0) is 82.1 Å². The zero-order chi connectivity index (χ0) is 33.1. The molecule has 0 spiro atoms. The van der Waals surface area contributed by atoms with E-state index in [1.54, 1.807) is 30.3 Å². The van der Waals surface area contributed by atoms with Gasteiger partial charge >= 0.3 is 16.2 Å². The summed E-state index contributed by atoms with van der Waals surface area (Å²) >= 11 is 0. The summed E-state index contributed by atoms with van der Waals surface area (Å²) in [5, 5.41) is 14.9. The van der Waals surface area contributed by atoms with Crippen molar-refractivity contribution in [2.24, 2.45) is 0 Å². The number of hydrogen-bond donors (Lipinski definition) is 5. The van der Waals surface area contributed by atoms with Gasteiger partial charge in [0.05, 0.1) is 16.9 Å². The lowest BCUT2D eigenvalue weighted by Crippen LogP contribution is -2.41. The molecule has 4 rings (SSSR count). The molecule has 45 heavy (non-hydrogen) atoms.